The first-order chi connectivity index (χ1) is 18.0. The summed E-state index contributed by atoms with van der Waals surface area (Å²) in [5.74, 6) is 0.992. The maximum Gasteiger partial charge on any atom is 0.211 e. The van der Waals surface area contributed by atoms with Crippen LogP contribution >= 0.6 is 0 Å². The summed E-state index contributed by atoms with van der Waals surface area (Å²) in [6.45, 7) is 6.82. The first-order valence-electron chi connectivity index (χ1n) is 14.2. The molecule has 0 bridgehead atoms. The molecule has 2 N–H and O–H groups in total. The minimum Gasteiger partial charge on any atom is -0.492 e. The average Bonchev–Trinajstić information content (AvgIpc) is 2.88. The molecule has 1 saturated carbocycles. The number of likely N-dealkylation sites (tertiary alicyclic amines) is 1. The first kappa shape index (κ1) is 26.7. The number of sulfonamides is 1. The van der Waals surface area contributed by atoms with Crippen LogP contribution in [0.25, 0.3) is 0 Å². The second-order valence-corrected chi connectivity index (χ2v) is 13.1. The topological polar surface area (TPSA) is 70.7 Å². The van der Waals surface area contributed by atoms with Crippen LogP contribution in [0.2, 0.25) is 0 Å². The van der Waals surface area contributed by atoms with Gasteiger partial charge in [-0.1, -0.05) is 48.7 Å². The van der Waals surface area contributed by atoms with E-state index in [2.05, 4.69) is 58.3 Å². The molecule has 0 amide bonds. The number of nitrogens with zero attached hydrogens (tertiary/aromatic N) is 1. The van der Waals surface area contributed by atoms with Gasteiger partial charge in [0, 0.05) is 18.0 Å². The summed E-state index contributed by atoms with van der Waals surface area (Å²) < 4.78 is 33.6. The highest BCUT2D eigenvalue weighted by molar-refractivity contribution is 7.89. The first-order valence-corrected chi connectivity index (χ1v) is 15.9. The maximum absolute atomic E-state index is 12.4. The van der Waals surface area contributed by atoms with Crippen molar-refractivity contribution in [3.8, 4) is 5.75 Å². The van der Waals surface area contributed by atoms with Crippen molar-refractivity contribution in [3.63, 3.8) is 0 Å². The van der Waals surface area contributed by atoms with Crippen LogP contribution in [0.3, 0.4) is 0 Å². The van der Waals surface area contributed by atoms with Gasteiger partial charge in [-0.2, -0.15) is 0 Å². The van der Waals surface area contributed by atoms with Crippen LogP contribution in [0, 0.1) is 6.92 Å². The predicted molar refractivity (Wildman–Crippen MR) is 150 cm³/mol. The molecule has 1 atom stereocenters. The van der Waals surface area contributed by atoms with E-state index in [-0.39, 0.29) is 23.8 Å². The number of nitrogens with one attached hydrogen (secondary N) is 2. The van der Waals surface area contributed by atoms with Gasteiger partial charge in [0.1, 0.15) is 12.4 Å². The molecule has 7 heteroatoms. The molecular formula is C30H43N3O3S. The number of hydrogen-bond acceptors (Lipinski definition) is 5. The van der Waals surface area contributed by atoms with Crippen LogP contribution < -0.4 is 14.8 Å². The third-order valence-corrected chi connectivity index (χ3v) is 10.1. The van der Waals surface area contributed by atoms with Crippen LogP contribution in [0.4, 0.5) is 0 Å². The number of hydrogen-bond donors (Lipinski definition) is 2. The highest BCUT2D eigenvalue weighted by atomic mass is 32.2. The quantitative estimate of drug-likeness (QED) is 0.424. The van der Waals surface area contributed by atoms with Crippen molar-refractivity contribution in [3.05, 3.63) is 64.7 Å². The molecular weight excluding hydrogens is 482 g/mol. The van der Waals surface area contributed by atoms with E-state index in [4.69, 9.17) is 4.74 Å². The smallest absolute Gasteiger partial charge is 0.211 e. The standard InChI is InChI=1S/C30H43N3O3S/c1-24-7-10-26(11-8-24)30(14-5-15-30)29-28-23-27(12-9-25(28)13-16-31-29)36-21-17-32-37(34,35)22-6-20-33-18-3-2-4-19-33/h7-12,23,29,31-32H,2-6,13-22H2,1H3. The van der Waals surface area contributed by atoms with Crippen LogP contribution in [0.1, 0.15) is 73.2 Å². The Balaban J connectivity index is 1.16. The van der Waals surface area contributed by atoms with E-state index in [1.54, 1.807) is 0 Å². The summed E-state index contributed by atoms with van der Waals surface area (Å²) in [5.41, 5.74) is 5.58. The lowest BCUT2D eigenvalue weighted by molar-refractivity contribution is 0.164. The summed E-state index contributed by atoms with van der Waals surface area (Å²) >= 11 is 0. The lowest BCUT2D eigenvalue weighted by Gasteiger charge is -2.50. The van der Waals surface area contributed by atoms with Crippen molar-refractivity contribution in [1.82, 2.24) is 14.9 Å². The molecule has 2 aromatic carbocycles. The number of benzene rings is 2. The van der Waals surface area contributed by atoms with E-state index in [0.717, 1.165) is 38.3 Å². The summed E-state index contributed by atoms with van der Waals surface area (Å²) in [6, 6.07) is 15.8. The van der Waals surface area contributed by atoms with Crippen molar-refractivity contribution in [2.45, 2.75) is 69.7 Å². The molecule has 0 spiro atoms. The van der Waals surface area contributed by atoms with Crippen molar-refractivity contribution >= 4 is 10.0 Å². The molecule has 202 valence electrons. The van der Waals surface area contributed by atoms with E-state index in [0.29, 0.717) is 13.0 Å². The second kappa shape index (κ2) is 11.9. The zero-order valence-electron chi connectivity index (χ0n) is 22.3. The molecule has 2 heterocycles. The van der Waals surface area contributed by atoms with E-state index < -0.39 is 10.0 Å². The molecule has 1 saturated heterocycles. The Morgan fingerprint density at radius 3 is 2.57 bits per heavy atom. The fourth-order valence-corrected chi connectivity index (χ4v) is 7.45. The van der Waals surface area contributed by atoms with E-state index >= 15 is 0 Å². The van der Waals surface area contributed by atoms with Gasteiger partial charge in [0.25, 0.3) is 0 Å². The van der Waals surface area contributed by atoms with E-state index in [1.807, 2.05) is 6.07 Å². The summed E-state index contributed by atoms with van der Waals surface area (Å²) in [6.07, 6.45) is 9.10. The molecule has 3 aliphatic rings. The molecule has 1 unspecified atom stereocenters. The fourth-order valence-electron chi connectivity index (χ4n) is 6.40. The van der Waals surface area contributed by atoms with Gasteiger partial charge in [0.05, 0.1) is 5.75 Å². The number of ether oxygens (including phenoxy) is 1. The molecule has 0 radical (unpaired) electrons. The average molecular weight is 526 g/mol. The molecule has 6 nitrogen and oxygen atoms in total. The lowest BCUT2D eigenvalue weighted by atomic mass is 9.58. The molecule has 2 aromatic rings. The largest absolute Gasteiger partial charge is 0.492 e. The van der Waals surface area contributed by atoms with Gasteiger partial charge in [0.2, 0.25) is 10.0 Å². The van der Waals surface area contributed by atoms with E-state index in [1.165, 1.54) is 60.8 Å². The minimum atomic E-state index is -3.28. The third kappa shape index (κ3) is 6.39. The fraction of sp³-hybridized carbons (Fsp3) is 0.600. The summed E-state index contributed by atoms with van der Waals surface area (Å²) in [7, 11) is -3.28. The third-order valence-electron chi connectivity index (χ3n) is 8.62. The minimum absolute atomic E-state index is 0.130. The second-order valence-electron chi connectivity index (χ2n) is 11.2. The zero-order chi connectivity index (χ0) is 25.7. The zero-order valence-corrected chi connectivity index (χ0v) is 23.1. The number of aryl methyl sites for hydroxylation is 1. The van der Waals surface area contributed by atoms with Crippen molar-refractivity contribution in [1.29, 1.82) is 0 Å². The van der Waals surface area contributed by atoms with Gasteiger partial charge in [-0.15, -0.1) is 0 Å². The highest BCUT2D eigenvalue weighted by Crippen LogP contribution is 2.53. The monoisotopic (exact) mass is 525 g/mol. The van der Waals surface area contributed by atoms with Crippen molar-refractivity contribution < 1.29 is 13.2 Å². The Hall–Kier alpha value is -1.93. The van der Waals surface area contributed by atoms with Crippen LogP contribution in [0.15, 0.2) is 42.5 Å². The van der Waals surface area contributed by atoms with Gasteiger partial charge >= 0.3 is 0 Å². The van der Waals surface area contributed by atoms with Gasteiger partial charge in [0.15, 0.2) is 0 Å². The van der Waals surface area contributed by atoms with Gasteiger partial charge in [-0.25, -0.2) is 13.1 Å². The number of rotatable bonds is 11. The normalized spacial score (nSPS) is 21.7. The Morgan fingerprint density at radius 1 is 1.05 bits per heavy atom. The van der Waals surface area contributed by atoms with Gasteiger partial charge in [-0.05, 0) is 100 Å². The Bertz CT molecular complexity index is 1140. The lowest BCUT2D eigenvalue weighted by Crippen LogP contribution is -2.49. The summed E-state index contributed by atoms with van der Waals surface area (Å²) in [5, 5.41) is 3.84. The highest BCUT2D eigenvalue weighted by Gasteiger charge is 2.47. The molecule has 1 aliphatic carbocycles. The van der Waals surface area contributed by atoms with Gasteiger partial charge in [-0.3, -0.25) is 0 Å². The van der Waals surface area contributed by atoms with Crippen molar-refractivity contribution in [2.24, 2.45) is 0 Å². The number of fused-ring (bicyclic) bond motifs is 1. The Kier molecular flexibility index (Phi) is 8.54. The van der Waals surface area contributed by atoms with Crippen molar-refractivity contribution in [2.75, 3.05) is 45.1 Å². The molecule has 37 heavy (non-hydrogen) atoms. The summed E-state index contributed by atoms with van der Waals surface area (Å²) in [4.78, 5) is 2.38. The predicted octanol–water partition coefficient (Wildman–Crippen LogP) is 4.48. The maximum atomic E-state index is 12.4. The van der Waals surface area contributed by atoms with E-state index in [9.17, 15) is 8.42 Å². The Morgan fingerprint density at radius 2 is 1.84 bits per heavy atom. The molecule has 0 aromatic heterocycles. The van der Waals surface area contributed by atoms with Crippen LogP contribution in [-0.2, 0) is 21.9 Å². The Labute approximate surface area is 223 Å². The molecule has 2 aliphatic heterocycles. The van der Waals surface area contributed by atoms with Crippen LogP contribution in [0.5, 0.6) is 5.75 Å². The number of piperidine rings is 1. The molecule has 2 fully saturated rings. The SMILES string of the molecule is Cc1ccc(C2(C3NCCc4ccc(OCCNS(=O)(=O)CCCN5CCCCC5)cc43)CCC2)cc1. The van der Waals surface area contributed by atoms with Crippen LogP contribution in [-0.4, -0.2) is 58.4 Å². The van der Waals surface area contributed by atoms with Gasteiger partial charge < -0.3 is 15.0 Å². The molecule has 5 rings (SSSR count).